The molecule has 80 heavy (non-hydrogen) atoms. The number of carbonyl (C=O) groups excluding carboxylic acids is 11. The normalized spacial score (nSPS) is 27.1. The number of likely N-dealkylation sites (N-methyl/N-ethyl adjacent to an activating group) is 7. The lowest BCUT2D eigenvalue weighted by Gasteiger charge is -2.40. The second-order valence-electron chi connectivity index (χ2n) is 24.8. The van der Waals surface area contributed by atoms with E-state index in [9.17, 15) is 57.8 Å². The molecule has 23 heteroatoms. The molecule has 0 spiro atoms. The summed E-state index contributed by atoms with van der Waals surface area (Å²) in [4.78, 5) is 166. The number of nitrogens with zero attached hydrogens (tertiary/aromatic N) is 7. The van der Waals surface area contributed by atoms with Crippen LogP contribution in [0, 0.1) is 29.6 Å². The van der Waals surface area contributed by atoms with Crippen LogP contribution in [0.3, 0.4) is 0 Å². The van der Waals surface area contributed by atoms with Crippen molar-refractivity contribution in [1.29, 1.82) is 0 Å². The first-order chi connectivity index (χ1) is 36.6. The van der Waals surface area contributed by atoms with Crippen LogP contribution in [0.5, 0.6) is 0 Å². The Morgan fingerprint density at radius 2 is 0.912 bits per heavy atom. The molecule has 458 valence electrons. The van der Waals surface area contributed by atoms with Crippen LogP contribution in [0.2, 0.25) is 0 Å². The number of hydrogen-bond donors (Lipinski definition) is 5. The zero-order valence-corrected chi connectivity index (χ0v) is 52.7. The third-order valence-electron chi connectivity index (χ3n) is 15.0. The molecule has 0 radical (unpaired) electrons. The maximum Gasteiger partial charge on any atom is 0.246 e. The van der Waals surface area contributed by atoms with Gasteiger partial charge in [-0.25, -0.2) is 0 Å². The lowest BCUT2D eigenvalue weighted by Crippen LogP contribution is -2.61. The van der Waals surface area contributed by atoms with Gasteiger partial charge in [0, 0.05) is 49.3 Å². The number of hydrogen-bond acceptors (Lipinski definition) is 12. The molecule has 5 N–H and O–H groups in total. The molecule has 11 amide bonds. The Labute approximate surface area is 477 Å². The molecule has 0 aliphatic carbocycles. The Balaban J connectivity index is 4.14. The van der Waals surface area contributed by atoms with Gasteiger partial charge in [-0.1, -0.05) is 76.2 Å². The van der Waals surface area contributed by atoms with E-state index in [0.29, 0.717) is 0 Å². The molecule has 1 aliphatic heterocycles. The lowest BCUT2D eigenvalue weighted by atomic mass is 9.95. The smallest absolute Gasteiger partial charge is 0.246 e. The van der Waals surface area contributed by atoms with E-state index in [1.165, 1.54) is 94.6 Å². The summed E-state index contributed by atoms with van der Waals surface area (Å²) in [5, 5.41) is 21.7. The summed E-state index contributed by atoms with van der Waals surface area (Å²) in [5.74, 6) is -8.60. The fraction of sp³-hybridized carbons (Fsp3) is 0.807. The van der Waals surface area contributed by atoms with Gasteiger partial charge in [-0.05, 0) is 103 Å². The minimum atomic E-state index is -1.28. The predicted molar refractivity (Wildman–Crippen MR) is 306 cm³/mol. The molecule has 1 rings (SSSR count). The van der Waals surface area contributed by atoms with Gasteiger partial charge in [0.25, 0.3) is 0 Å². The molecular formula is C57H103N11O12. The van der Waals surface area contributed by atoms with Crippen LogP contribution in [0.1, 0.15) is 149 Å². The zero-order chi connectivity index (χ0) is 62.3. The molecule has 23 nitrogen and oxygen atoms in total. The van der Waals surface area contributed by atoms with Crippen molar-refractivity contribution in [2.24, 2.45) is 29.6 Å². The number of rotatable bonds is 12. The predicted octanol–water partition coefficient (Wildman–Crippen LogP) is 1.83. The minimum Gasteiger partial charge on any atom is -0.390 e. The van der Waals surface area contributed by atoms with E-state index in [4.69, 9.17) is 0 Å². The fourth-order valence-electron chi connectivity index (χ4n) is 9.69. The molecule has 1 heterocycles. The van der Waals surface area contributed by atoms with Crippen molar-refractivity contribution >= 4 is 65.0 Å². The van der Waals surface area contributed by atoms with E-state index in [0.717, 1.165) is 9.80 Å². The standard InChI is InChI=1S/C57H103N11O12/c1-24-39-52(75)62(17)30-44(69)64(19)41(27-31(2)3)50(73)61-45(34(8)9)55(78)66(21)42(28-32(4)5)49(72)58-36(12)47(70)59-37(13)51(74)65(20)40(25-26-57(15,16)80)53(76)67(22)43(29-33(6)7)54(77)68(23)46(35(10)11)56(79)63(18)38(14)48(71)60-39/h31-43,45-46,80H,24-30H2,1-23H3,(H,58,72)(H,59,70)(H,60,71)(H,61,73). The van der Waals surface area contributed by atoms with Gasteiger partial charge in [0.05, 0.1) is 12.1 Å². The number of carbonyl (C=O) groups is 11. The third kappa shape index (κ3) is 20.3. The van der Waals surface area contributed by atoms with Crippen LogP contribution < -0.4 is 21.3 Å². The summed E-state index contributed by atoms with van der Waals surface area (Å²) in [7, 11) is 9.91. The van der Waals surface area contributed by atoms with Gasteiger partial charge in [0.1, 0.15) is 60.4 Å². The molecule has 0 aromatic heterocycles. The van der Waals surface area contributed by atoms with Crippen molar-refractivity contribution in [2.75, 3.05) is 55.9 Å². The monoisotopic (exact) mass is 1130 g/mol. The second kappa shape index (κ2) is 31.4. The highest BCUT2D eigenvalue weighted by atomic mass is 16.3. The highest BCUT2D eigenvalue weighted by Crippen LogP contribution is 2.24. The minimum absolute atomic E-state index is 0.0434. The van der Waals surface area contributed by atoms with Crippen molar-refractivity contribution in [1.82, 2.24) is 55.6 Å². The van der Waals surface area contributed by atoms with Crippen molar-refractivity contribution in [3.05, 3.63) is 0 Å². The van der Waals surface area contributed by atoms with Crippen LogP contribution >= 0.6 is 0 Å². The highest BCUT2D eigenvalue weighted by Gasteiger charge is 2.43. The van der Waals surface area contributed by atoms with E-state index in [2.05, 4.69) is 21.3 Å². The second-order valence-corrected chi connectivity index (χ2v) is 24.8. The van der Waals surface area contributed by atoms with Gasteiger partial charge in [-0.2, -0.15) is 0 Å². The van der Waals surface area contributed by atoms with Crippen molar-refractivity contribution in [3.63, 3.8) is 0 Å². The first-order valence-corrected chi connectivity index (χ1v) is 28.4. The van der Waals surface area contributed by atoms with E-state index in [-0.39, 0.29) is 56.3 Å². The summed E-state index contributed by atoms with van der Waals surface area (Å²) in [5.41, 5.74) is -1.28. The topological polar surface area (TPSA) is 279 Å². The number of amides is 11. The molecule has 0 aromatic rings. The molecule has 10 unspecified atom stereocenters. The van der Waals surface area contributed by atoms with Gasteiger partial charge in [-0.15, -0.1) is 0 Å². The van der Waals surface area contributed by atoms with E-state index >= 15 is 0 Å². The van der Waals surface area contributed by atoms with Crippen LogP contribution in [0.15, 0.2) is 0 Å². The zero-order valence-electron chi connectivity index (χ0n) is 52.7. The maximum atomic E-state index is 14.9. The maximum absolute atomic E-state index is 14.9. The van der Waals surface area contributed by atoms with Gasteiger partial charge >= 0.3 is 0 Å². The first-order valence-electron chi connectivity index (χ1n) is 28.4. The van der Waals surface area contributed by atoms with Crippen molar-refractivity contribution in [3.8, 4) is 0 Å². The average molecular weight is 1130 g/mol. The average Bonchev–Trinajstić information content (AvgIpc) is 3.35. The molecule has 10 atom stereocenters. The van der Waals surface area contributed by atoms with Crippen LogP contribution in [-0.4, -0.2) is 226 Å². The summed E-state index contributed by atoms with van der Waals surface area (Å²) >= 11 is 0. The lowest BCUT2D eigenvalue weighted by molar-refractivity contribution is -0.155. The Morgan fingerprint density at radius 3 is 1.38 bits per heavy atom. The van der Waals surface area contributed by atoms with E-state index < -0.39 is 149 Å². The SMILES string of the molecule is CCC1NC(=O)C(C)N(C)C(=O)C(C(C)C)N(C)C(=O)C(CC(C)C)N(C)C(=O)C(CCC(C)(C)O)N(C)C(=O)C(C)NC(=O)C(C)NC(=O)C(CC(C)C)N(C)C(=O)C(C(C)C)NC(=O)C(CC(C)C)N(C)C(=O)CN(C)C1=O. The number of nitrogens with one attached hydrogen (secondary N) is 4. The van der Waals surface area contributed by atoms with E-state index in [1.54, 1.807) is 48.5 Å². The summed E-state index contributed by atoms with van der Waals surface area (Å²) in [6, 6.07) is -11.8. The summed E-state index contributed by atoms with van der Waals surface area (Å²) < 4.78 is 0. The van der Waals surface area contributed by atoms with Crippen LogP contribution in [0.4, 0.5) is 0 Å². The molecule has 0 bridgehead atoms. The van der Waals surface area contributed by atoms with Crippen LogP contribution in [-0.2, 0) is 52.7 Å². The Bertz CT molecular complexity index is 2180. The van der Waals surface area contributed by atoms with Gasteiger partial charge in [-0.3, -0.25) is 52.7 Å². The molecule has 1 fully saturated rings. The van der Waals surface area contributed by atoms with Crippen molar-refractivity contribution < 1.29 is 57.8 Å². The molecule has 0 aromatic carbocycles. The Hall–Kier alpha value is -5.87. The largest absolute Gasteiger partial charge is 0.390 e. The Morgan fingerprint density at radius 1 is 0.475 bits per heavy atom. The molecule has 0 saturated carbocycles. The first kappa shape index (κ1) is 72.1. The Kier molecular flexibility index (Phi) is 28.3. The third-order valence-corrected chi connectivity index (χ3v) is 15.0. The highest BCUT2D eigenvalue weighted by molar-refractivity contribution is 5.99. The summed E-state index contributed by atoms with van der Waals surface area (Å²) in [6.45, 7) is 26.7. The van der Waals surface area contributed by atoms with Gasteiger partial charge < -0.3 is 60.7 Å². The van der Waals surface area contributed by atoms with Crippen molar-refractivity contribution in [2.45, 2.75) is 215 Å². The number of aliphatic hydroxyl groups is 1. The van der Waals surface area contributed by atoms with E-state index in [1.807, 2.05) is 41.5 Å². The molecular weight excluding hydrogens is 1030 g/mol. The van der Waals surface area contributed by atoms with Gasteiger partial charge in [0.2, 0.25) is 65.0 Å². The quantitative estimate of drug-likeness (QED) is 0.187. The molecule has 1 saturated heterocycles. The fourth-order valence-corrected chi connectivity index (χ4v) is 9.69. The van der Waals surface area contributed by atoms with Crippen LogP contribution in [0.25, 0.3) is 0 Å². The summed E-state index contributed by atoms with van der Waals surface area (Å²) in [6.07, 6.45) is 0.561. The molecule has 1 aliphatic rings. The van der Waals surface area contributed by atoms with Gasteiger partial charge in [0.15, 0.2) is 0 Å².